The van der Waals surface area contributed by atoms with Gasteiger partial charge >= 0.3 is 0 Å². The molecule has 0 amide bonds. The molecule has 0 saturated carbocycles. The average Bonchev–Trinajstić information content (AvgIpc) is 2.76. The summed E-state index contributed by atoms with van der Waals surface area (Å²) in [6.07, 6.45) is 3.53. The van der Waals surface area contributed by atoms with Crippen LogP contribution in [0.4, 0.5) is 0 Å². The minimum atomic E-state index is 0.364. The highest BCUT2D eigenvalue weighted by molar-refractivity contribution is 6.30. The summed E-state index contributed by atoms with van der Waals surface area (Å²) in [4.78, 5) is 4.16. The van der Waals surface area contributed by atoms with Gasteiger partial charge in [-0.3, -0.25) is 4.57 Å². The Morgan fingerprint density at radius 3 is 3.00 bits per heavy atom. The van der Waals surface area contributed by atoms with Crippen molar-refractivity contribution in [1.29, 1.82) is 0 Å². The summed E-state index contributed by atoms with van der Waals surface area (Å²) in [5.41, 5.74) is 6.45. The summed E-state index contributed by atoms with van der Waals surface area (Å²) in [6.45, 7) is 0.364. The number of nitrogens with two attached hydrogens (primary N) is 1. The van der Waals surface area contributed by atoms with E-state index in [1.165, 1.54) is 0 Å². The van der Waals surface area contributed by atoms with Gasteiger partial charge in [-0.25, -0.2) is 4.98 Å². The normalized spacial score (nSPS) is 10.4. The van der Waals surface area contributed by atoms with E-state index in [9.17, 15) is 0 Å². The van der Waals surface area contributed by atoms with Crippen LogP contribution in [0.3, 0.4) is 0 Å². The van der Waals surface area contributed by atoms with E-state index in [-0.39, 0.29) is 0 Å². The van der Waals surface area contributed by atoms with Gasteiger partial charge in [-0.1, -0.05) is 11.6 Å². The molecule has 0 fully saturated rings. The van der Waals surface area contributed by atoms with Crippen LogP contribution in [0.15, 0.2) is 30.6 Å². The maximum absolute atomic E-state index is 5.97. The molecule has 5 heteroatoms. The van der Waals surface area contributed by atoms with Gasteiger partial charge in [0.25, 0.3) is 0 Å². The van der Waals surface area contributed by atoms with Crippen molar-refractivity contribution >= 4 is 11.6 Å². The molecule has 16 heavy (non-hydrogen) atoms. The van der Waals surface area contributed by atoms with E-state index in [2.05, 4.69) is 4.98 Å². The van der Waals surface area contributed by atoms with Crippen LogP contribution >= 0.6 is 11.6 Å². The van der Waals surface area contributed by atoms with E-state index < -0.39 is 0 Å². The molecule has 0 unspecified atom stereocenters. The van der Waals surface area contributed by atoms with Crippen molar-refractivity contribution in [3.63, 3.8) is 0 Å². The fourth-order valence-electron chi connectivity index (χ4n) is 1.56. The predicted octanol–water partition coefficient (Wildman–Crippen LogP) is 1.99. The highest BCUT2D eigenvalue weighted by Crippen LogP contribution is 2.27. The van der Waals surface area contributed by atoms with Crippen LogP contribution < -0.4 is 10.5 Å². The highest BCUT2D eigenvalue weighted by atomic mass is 35.5. The summed E-state index contributed by atoms with van der Waals surface area (Å²) >= 11 is 5.97. The smallest absolute Gasteiger partial charge is 0.142 e. The molecule has 0 spiro atoms. The van der Waals surface area contributed by atoms with Crippen molar-refractivity contribution in [2.45, 2.75) is 6.54 Å². The van der Waals surface area contributed by atoms with Crippen molar-refractivity contribution in [3.8, 4) is 11.4 Å². The number of ether oxygens (including phenoxy) is 1. The number of methoxy groups -OCH3 is 1. The number of imidazole rings is 1. The van der Waals surface area contributed by atoms with Crippen LogP contribution in [0.25, 0.3) is 5.69 Å². The maximum atomic E-state index is 5.97. The lowest BCUT2D eigenvalue weighted by Crippen LogP contribution is -2.07. The average molecular weight is 238 g/mol. The Morgan fingerprint density at radius 1 is 1.50 bits per heavy atom. The zero-order valence-electron chi connectivity index (χ0n) is 8.85. The SMILES string of the molecule is COc1ccc(Cl)cc1-n1ccnc1CN. The first kappa shape index (κ1) is 11.0. The van der Waals surface area contributed by atoms with Crippen LogP contribution in [0, 0.1) is 0 Å². The molecule has 1 heterocycles. The number of aromatic nitrogens is 2. The Balaban J connectivity index is 2.58. The van der Waals surface area contributed by atoms with E-state index >= 15 is 0 Å². The highest BCUT2D eigenvalue weighted by Gasteiger charge is 2.09. The Hall–Kier alpha value is -1.52. The molecule has 0 saturated heterocycles. The van der Waals surface area contributed by atoms with Crippen LogP contribution in [0.1, 0.15) is 5.82 Å². The lowest BCUT2D eigenvalue weighted by molar-refractivity contribution is 0.412. The van der Waals surface area contributed by atoms with Crippen molar-refractivity contribution in [2.24, 2.45) is 5.73 Å². The van der Waals surface area contributed by atoms with Crippen LogP contribution in [-0.4, -0.2) is 16.7 Å². The summed E-state index contributed by atoms with van der Waals surface area (Å²) in [5.74, 6) is 1.50. The topological polar surface area (TPSA) is 53.1 Å². The summed E-state index contributed by atoms with van der Waals surface area (Å²) in [7, 11) is 1.62. The second kappa shape index (κ2) is 4.55. The van der Waals surface area contributed by atoms with Crippen molar-refractivity contribution in [1.82, 2.24) is 9.55 Å². The lowest BCUT2D eigenvalue weighted by atomic mass is 10.3. The van der Waals surface area contributed by atoms with Gasteiger partial charge < -0.3 is 10.5 Å². The Bertz CT molecular complexity index is 496. The first-order valence-corrected chi connectivity index (χ1v) is 5.20. The molecule has 2 rings (SSSR count). The maximum Gasteiger partial charge on any atom is 0.142 e. The summed E-state index contributed by atoms with van der Waals surface area (Å²) in [6, 6.07) is 5.42. The molecule has 0 aliphatic heterocycles. The first-order chi connectivity index (χ1) is 7.76. The Kier molecular flexibility index (Phi) is 3.12. The standard InChI is InChI=1S/C11H12ClN3O/c1-16-10-3-2-8(12)6-9(10)15-5-4-14-11(15)7-13/h2-6H,7,13H2,1H3. The van der Waals surface area contributed by atoms with Crippen LogP contribution in [0.5, 0.6) is 5.75 Å². The second-order valence-electron chi connectivity index (χ2n) is 3.23. The molecule has 2 aromatic rings. The summed E-state index contributed by atoms with van der Waals surface area (Å²) < 4.78 is 7.14. The van der Waals surface area contributed by atoms with E-state index in [4.69, 9.17) is 22.1 Å². The monoisotopic (exact) mass is 237 g/mol. The van der Waals surface area contributed by atoms with Crippen LogP contribution in [0.2, 0.25) is 5.02 Å². The fourth-order valence-corrected chi connectivity index (χ4v) is 1.72. The van der Waals surface area contributed by atoms with E-state index in [0.29, 0.717) is 11.6 Å². The summed E-state index contributed by atoms with van der Waals surface area (Å²) in [5, 5.41) is 0.646. The number of rotatable bonds is 3. The Morgan fingerprint density at radius 2 is 2.31 bits per heavy atom. The molecule has 0 bridgehead atoms. The quantitative estimate of drug-likeness (QED) is 0.888. The predicted molar refractivity (Wildman–Crippen MR) is 63.0 cm³/mol. The number of hydrogen-bond acceptors (Lipinski definition) is 3. The third kappa shape index (κ3) is 1.89. The van der Waals surface area contributed by atoms with Gasteiger partial charge in [0.1, 0.15) is 11.6 Å². The van der Waals surface area contributed by atoms with Gasteiger partial charge in [-0.15, -0.1) is 0 Å². The number of nitrogens with zero attached hydrogens (tertiary/aromatic N) is 2. The first-order valence-electron chi connectivity index (χ1n) is 4.82. The molecule has 84 valence electrons. The van der Waals surface area contributed by atoms with Gasteiger partial charge in [0.05, 0.1) is 19.3 Å². The third-order valence-corrected chi connectivity index (χ3v) is 2.54. The molecule has 0 aliphatic rings. The molecule has 1 aromatic heterocycles. The minimum Gasteiger partial charge on any atom is -0.495 e. The minimum absolute atomic E-state index is 0.364. The molecule has 1 aromatic carbocycles. The second-order valence-corrected chi connectivity index (χ2v) is 3.67. The van der Waals surface area contributed by atoms with Gasteiger partial charge in [0, 0.05) is 17.4 Å². The zero-order chi connectivity index (χ0) is 11.5. The fraction of sp³-hybridized carbons (Fsp3) is 0.182. The molecular weight excluding hydrogens is 226 g/mol. The van der Waals surface area contributed by atoms with E-state index in [1.54, 1.807) is 19.4 Å². The van der Waals surface area contributed by atoms with Crippen molar-refractivity contribution in [2.75, 3.05) is 7.11 Å². The lowest BCUT2D eigenvalue weighted by Gasteiger charge is -2.11. The molecule has 4 nitrogen and oxygen atoms in total. The zero-order valence-corrected chi connectivity index (χ0v) is 9.61. The largest absolute Gasteiger partial charge is 0.495 e. The molecule has 0 atom stereocenters. The van der Waals surface area contributed by atoms with Gasteiger partial charge in [-0.05, 0) is 18.2 Å². The number of hydrogen-bond donors (Lipinski definition) is 1. The molecule has 0 aliphatic carbocycles. The van der Waals surface area contributed by atoms with Crippen LogP contribution in [-0.2, 0) is 6.54 Å². The van der Waals surface area contributed by atoms with Gasteiger partial charge in [0.15, 0.2) is 0 Å². The van der Waals surface area contributed by atoms with E-state index in [0.717, 1.165) is 17.3 Å². The Labute approximate surface area is 98.6 Å². The van der Waals surface area contributed by atoms with Gasteiger partial charge in [0.2, 0.25) is 0 Å². The van der Waals surface area contributed by atoms with E-state index in [1.807, 2.05) is 22.9 Å². The van der Waals surface area contributed by atoms with Crippen molar-refractivity contribution in [3.05, 3.63) is 41.4 Å². The third-order valence-electron chi connectivity index (χ3n) is 2.30. The number of benzene rings is 1. The number of halogens is 1. The van der Waals surface area contributed by atoms with Gasteiger partial charge in [-0.2, -0.15) is 0 Å². The molecule has 2 N–H and O–H groups in total. The molecular formula is C11H12ClN3O. The van der Waals surface area contributed by atoms with Crippen molar-refractivity contribution < 1.29 is 4.74 Å². The molecule has 0 radical (unpaired) electrons.